The summed E-state index contributed by atoms with van der Waals surface area (Å²) in [6, 6.07) is 0. The lowest BCUT2D eigenvalue weighted by Crippen LogP contribution is -2.53. The molecule has 0 saturated carbocycles. The lowest BCUT2D eigenvalue weighted by molar-refractivity contribution is -0.211. The van der Waals surface area contributed by atoms with Crippen molar-refractivity contribution in [3.8, 4) is 0 Å². The summed E-state index contributed by atoms with van der Waals surface area (Å²) in [5.74, 6) is -6.63. The van der Waals surface area contributed by atoms with Gasteiger partial charge >= 0.3 is 18.0 Å². The first-order valence-electron chi connectivity index (χ1n) is 6.11. The first-order valence-corrected chi connectivity index (χ1v) is 6.11. The number of amides is 1. The third-order valence-corrected chi connectivity index (χ3v) is 3.25. The van der Waals surface area contributed by atoms with Gasteiger partial charge in [0.1, 0.15) is 12.2 Å². The molecule has 8 heteroatoms. The van der Waals surface area contributed by atoms with Gasteiger partial charge in [0.2, 0.25) is 0 Å². The molecule has 0 radical (unpaired) electrons. The maximum atomic E-state index is 13.5. The Balaban J connectivity index is 2.74. The van der Waals surface area contributed by atoms with Crippen molar-refractivity contribution < 1.29 is 33.3 Å². The van der Waals surface area contributed by atoms with Crippen molar-refractivity contribution in [3.05, 3.63) is 12.7 Å². The molecule has 1 fully saturated rings. The van der Waals surface area contributed by atoms with Crippen LogP contribution in [-0.2, 0) is 9.53 Å². The second kappa shape index (κ2) is 6.17. The van der Waals surface area contributed by atoms with Gasteiger partial charge in [0.05, 0.1) is 0 Å². The number of alkyl halides is 2. The number of rotatable bonds is 4. The fraction of sp³-hybridized carbons (Fsp3) is 0.667. The van der Waals surface area contributed by atoms with E-state index in [-0.39, 0.29) is 26.1 Å². The van der Waals surface area contributed by atoms with E-state index in [1.165, 1.54) is 11.0 Å². The van der Waals surface area contributed by atoms with E-state index in [2.05, 4.69) is 6.58 Å². The molecule has 1 aliphatic heterocycles. The summed E-state index contributed by atoms with van der Waals surface area (Å²) in [4.78, 5) is 23.3. The predicted molar refractivity (Wildman–Crippen MR) is 64.5 cm³/mol. The minimum absolute atomic E-state index is 0.00904. The molecule has 1 aliphatic rings. The van der Waals surface area contributed by atoms with Gasteiger partial charge in [-0.15, -0.1) is 0 Å². The van der Waals surface area contributed by atoms with E-state index in [0.29, 0.717) is 0 Å². The minimum atomic E-state index is -4.26. The van der Waals surface area contributed by atoms with Gasteiger partial charge in [0.25, 0.3) is 0 Å². The monoisotopic (exact) mass is 293 g/mol. The number of hydrogen-bond acceptors (Lipinski definition) is 4. The number of aliphatic carboxylic acids is 1. The molecule has 2 N–H and O–H groups in total. The summed E-state index contributed by atoms with van der Waals surface area (Å²) in [6.45, 7) is 3.28. The van der Waals surface area contributed by atoms with Crippen LogP contribution >= 0.6 is 0 Å². The number of aliphatic hydroxyl groups is 1. The SMILES string of the molecule is C=CCOC(=O)N1CCCC(O)(C(F)(F)C(=O)O)CC1. The minimum Gasteiger partial charge on any atom is -0.477 e. The first kappa shape index (κ1) is 16.4. The topological polar surface area (TPSA) is 87.1 Å². The first-order chi connectivity index (χ1) is 9.24. The summed E-state index contributed by atoms with van der Waals surface area (Å²) in [6.07, 6.45) is -0.215. The standard InChI is InChI=1S/C12H17F2NO5/c1-2-8-20-10(18)15-6-3-4-11(19,5-7-15)12(13,14)9(16)17/h2,19H,1,3-8H2,(H,16,17). The van der Waals surface area contributed by atoms with Crippen LogP contribution in [0.3, 0.4) is 0 Å². The molecule has 114 valence electrons. The van der Waals surface area contributed by atoms with E-state index in [1.54, 1.807) is 0 Å². The number of ether oxygens (including phenoxy) is 1. The van der Waals surface area contributed by atoms with Crippen LogP contribution in [0, 0.1) is 0 Å². The molecule has 0 aliphatic carbocycles. The smallest absolute Gasteiger partial charge is 0.410 e. The van der Waals surface area contributed by atoms with Gasteiger partial charge in [-0.1, -0.05) is 12.7 Å². The summed E-state index contributed by atoms with van der Waals surface area (Å²) in [5, 5.41) is 18.4. The zero-order chi connectivity index (χ0) is 15.4. The van der Waals surface area contributed by atoms with E-state index in [4.69, 9.17) is 9.84 Å². The summed E-state index contributed by atoms with van der Waals surface area (Å²) in [5.41, 5.74) is -2.66. The number of hydrogen-bond donors (Lipinski definition) is 2. The lowest BCUT2D eigenvalue weighted by Gasteiger charge is -2.31. The summed E-state index contributed by atoms with van der Waals surface area (Å²) < 4.78 is 31.8. The highest BCUT2D eigenvalue weighted by Crippen LogP contribution is 2.37. The van der Waals surface area contributed by atoms with Gasteiger partial charge in [0.15, 0.2) is 0 Å². The highest BCUT2D eigenvalue weighted by molar-refractivity contribution is 5.77. The van der Waals surface area contributed by atoms with Gasteiger partial charge in [-0.25, -0.2) is 9.59 Å². The third-order valence-electron chi connectivity index (χ3n) is 3.25. The van der Waals surface area contributed by atoms with Crippen LogP contribution in [0.1, 0.15) is 19.3 Å². The van der Waals surface area contributed by atoms with Crippen LogP contribution in [-0.4, -0.2) is 58.4 Å². The fourth-order valence-electron chi connectivity index (χ4n) is 2.04. The molecule has 0 aromatic rings. The molecule has 1 heterocycles. The Morgan fingerprint density at radius 2 is 2.05 bits per heavy atom. The van der Waals surface area contributed by atoms with Crippen LogP contribution in [0.5, 0.6) is 0 Å². The van der Waals surface area contributed by atoms with Crippen LogP contribution in [0.2, 0.25) is 0 Å². The average Bonchev–Trinajstić information content (AvgIpc) is 2.59. The van der Waals surface area contributed by atoms with Crippen molar-refractivity contribution in [1.29, 1.82) is 0 Å². The van der Waals surface area contributed by atoms with E-state index in [1.807, 2.05) is 0 Å². The Kier molecular flexibility index (Phi) is 5.04. The van der Waals surface area contributed by atoms with Crippen LogP contribution < -0.4 is 0 Å². The molecule has 0 aromatic carbocycles. The number of carbonyl (C=O) groups excluding carboxylic acids is 1. The Morgan fingerprint density at radius 3 is 2.60 bits per heavy atom. The van der Waals surface area contributed by atoms with Gasteiger partial charge in [-0.05, 0) is 12.8 Å². The maximum absolute atomic E-state index is 13.5. The highest BCUT2D eigenvalue weighted by atomic mass is 19.3. The molecular formula is C12H17F2NO5. The predicted octanol–water partition coefficient (Wildman–Crippen LogP) is 1.25. The zero-order valence-corrected chi connectivity index (χ0v) is 10.8. The lowest BCUT2D eigenvalue weighted by atomic mass is 9.88. The molecule has 1 atom stereocenters. The van der Waals surface area contributed by atoms with Crippen molar-refractivity contribution in [2.24, 2.45) is 0 Å². The van der Waals surface area contributed by atoms with Crippen molar-refractivity contribution in [3.63, 3.8) is 0 Å². The molecule has 0 spiro atoms. The van der Waals surface area contributed by atoms with Gasteiger partial charge in [-0.2, -0.15) is 8.78 Å². The van der Waals surface area contributed by atoms with Crippen LogP contribution in [0.15, 0.2) is 12.7 Å². The number of carbonyl (C=O) groups is 2. The fourth-order valence-corrected chi connectivity index (χ4v) is 2.04. The van der Waals surface area contributed by atoms with Gasteiger partial charge in [-0.3, -0.25) is 0 Å². The molecule has 1 rings (SSSR count). The molecule has 6 nitrogen and oxygen atoms in total. The number of nitrogens with zero attached hydrogens (tertiary/aromatic N) is 1. The van der Waals surface area contributed by atoms with E-state index >= 15 is 0 Å². The molecule has 1 saturated heterocycles. The molecule has 1 unspecified atom stereocenters. The molecule has 20 heavy (non-hydrogen) atoms. The van der Waals surface area contributed by atoms with E-state index < -0.39 is 36.4 Å². The highest BCUT2D eigenvalue weighted by Gasteiger charge is 2.58. The third kappa shape index (κ3) is 3.24. The quantitative estimate of drug-likeness (QED) is 0.762. The molecule has 1 amide bonds. The van der Waals surface area contributed by atoms with Gasteiger partial charge in [0, 0.05) is 19.5 Å². The van der Waals surface area contributed by atoms with Crippen molar-refractivity contribution >= 4 is 12.1 Å². The van der Waals surface area contributed by atoms with Crippen molar-refractivity contribution in [2.75, 3.05) is 19.7 Å². The second-order valence-electron chi connectivity index (χ2n) is 4.62. The van der Waals surface area contributed by atoms with Crippen LogP contribution in [0.25, 0.3) is 0 Å². The largest absolute Gasteiger partial charge is 0.477 e. The zero-order valence-electron chi connectivity index (χ0n) is 10.8. The Morgan fingerprint density at radius 1 is 1.40 bits per heavy atom. The number of likely N-dealkylation sites (tertiary alicyclic amines) is 1. The van der Waals surface area contributed by atoms with Crippen molar-refractivity contribution in [1.82, 2.24) is 4.90 Å². The summed E-state index contributed by atoms with van der Waals surface area (Å²) in [7, 11) is 0. The van der Waals surface area contributed by atoms with Gasteiger partial charge < -0.3 is 19.8 Å². The summed E-state index contributed by atoms with van der Waals surface area (Å²) >= 11 is 0. The molecule has 0 aromatic heterocycles. The van der Waals surface area contributed by atoms with E-state index in [0.717, 1.165) is 0 Å². The maximum Gasteiger partial charge on any atom is 0.410 e. The Hall–Kier alpha value is -1.70. The second-order valence-corrected chi connectivity index (χ2v) is 4.62. The Bertz CT molecular complexity index is 401. The van der Waals surface area contributed by atoms with Crippen LogP contribution in [0.4, 0.5) is 13.6 Å². The Labute approximate surface area is 114 Å². The molecular weight excluding hydrogens is 276 g/mol. The molecule has 0 bridgehead atoms. The average molecular weight is 293 g/mol. The normalized spacial score (nSPS) is 23.9. The number of carboxylic acid groups (broad SMARTS) is 1. The number of halogens is 2. The van der Waals surface area contributed by atoms with E-state index in [9.17, 15) is 23.5 Å². The van der Waals surface area contributed by atoms with Crippen molar-refractivity contribution in [2.45, 2.75) is 30.8 Å². The number of carboxylic acids is 1.